The van der Waals surface area contributed by atoms with Crippen molar-refractivity contribution in [2.24, 2.45) is 0 Å². The molecule has 0 saturated carbocycles. The smallest absolute Gasteiger partial charge is 0.406 e. The van der Waals surface area contributed by atoms with Crippen molar-refractivity contribution in [3.63, 3.8) is 0 Å². The summed E-state index contributed by atoms with van der Waals surface area (Å²) in [6.45, 7) is -0.0628. The molecule has 9 nitrogen and oxygen atoms in total. The maximum atomic E-state index is 13.1. The zero-order valence-electron chi connectivity index (χ0n) is 17.2. The second-order valence-electron chi connectivity index (χ2n) is 7.21. The fourth-order valence-electron chi connectivity index (χ4n) is 3.42. The molecule has 0 saturated heterocycles. The summed E-state index contributed by atoms with van der Waals surface area (Å²) in [5.41, 5.74) is 1.95. The predicted octanol–water partition coefficient (Wildman–Crippen LogP) is 3.52. The quantitative estimate of drug-likeness (QED) is 0.392. The van der Waals surface area contributed by atoms with Gasteiger partial charge in [-0.15, -0.1) is 23.4 Å². The molecule has 0 radical (unpaired) electrons. The van der Waals surface area contributed by atoms with Gasteiger partial charge in [-0.3, -0.25) is 4.79 Å². The molecule has 34 heavy (non-hydrogen) atoms. The van der Waals surface area contributed by atoms with Crippen molar-refractivity contribution in [2.45, 2.75) is 13.0 Å². The van der Waals surface area contributed by atoms with Gasteiger partial charge in [0.1, 0.15) is 17.9 Å². The molecule has 2 aromatic heterocycles. The third-order valence-electron chi connectivity index (χ3n) is 4.97. The van der Waals surface area contributed by atoms with Crippen LogP contribution >= 0.6 is 0 Å². The van der Waals surface area contributed by atoms with Crippen molar-refractivity contribution in [1.82, 2.24) is 35.2 Å². The number of alkyl halides is 3. The second-order valence-corrected chi connectivity index (χ2v) is 7.21. The first-order valence-electron chi connectivity index (χ1n) is 9.93. The van der Waals surface area contributed by atoms with E-state index < -0.39 is 11.9 Å². The van der Waals surface area contributed by atoms with Gasteiger partial charge in [0.25, 0.3) is 5.56 Å². The summed E-state index contributed by atoms with van der Waals surface area (Å²) < 4.78 is 43.6. The largest absolute Gasteiger partial charge is 0.573 e. The molecule has 5 rings (SSSR count). The molecule has 0 amide bonds. The molecule has 0 unspecified atom stereocenters. The molecule has 0 N–H and O–H groups in total. The highest BCUT2D eigenvalue weighted by molar-refractivity contribution is 5.83. The van der Waals surface area contributed by atoms with Gasteiger partial charge in [0.15, 0.2) is 5.82 Å². The van der Waals surface area contributed by atoms with Crippen LogP contribution in [-0.2, 0) is 6.67 Å². The van der Waals surface area contributed by atoms with Gasteiger partial charge in [0.05, 0.1) is 5.39 Å². The first-order valence-corrected chi connectivity index (χ1v) is 9.93. The maximum Gasteiger partial charge on any atom is 0.573 e. The van der Waals surface area contributed by atoms with Crippen LogP contribution in [0.25, 0.3) is 33.4 Å². The molecular formula is C22H14F3N7O2. The zero-order valence-corrected chi connectivity index (χ0v) is 17.2. The van der Waals surface area contributed by atoms with Crippen LogP contribution in [-0.4, -0.2) is 41.6 Å². The number of tetrazole rings is 1. The van der Waals surface area contributed by atoms with Gasteiger partial charge in [0, 0.05) is 5.56 Å². The van der Waals surface area contributed by atoms with Gasteiger partial charge in [0.2, 0.25) is 0 Å². The number of fused-ring (bicyclic) bond motifs is 1. The highest BCUT2D eigenvalue weighted by Gasteiger charge is 2.31. The minimum atomic E-state index is -4.77. The third-order valence-corrected chi connectivity index (χ3v) is 4.97. The van der Waals surface area contributed by atoms with E-state index in [4.69, 9.17) is 0 Å². The maximum absolute atomic E-state index is 13.1. The van der Waals surface area contributed by atoms with E-state index in [1.54, 1.807) is 18.2 Å². The Balaban J connectivity index is 1.47. The minimum Gasteiger partial charge on any atom is -0.406 e. The lowest BCUT2D eigenvalue weighted by Crippen LogP contribution is -2.28. The Labute approximate surface area is 189 Å². The molecule has 2 heterocycles. The summed E-state index contributed by atoms with van der Waals surface area (Å²) in [6, 6.07) is 19.5. The van der Waals surface area contributed by atoms with Crippen LogP contribution in [0, 0.1) is 0 Å². The standard InChI is InChI=1S/C22H14F3N7O2/c23-22(24,25)34-17-9-6-14(7-10-17)16-8-11-19-18(12-16)21(33)32(29-26-19)13-31-20(27-28-30-31)15-4-2-1-3-5-15/h1-12H,13H2. The van der Waals surface area contributed by atoms with Gasteiger partial charge in [-0.05, 0) is 45.8 Å². The van der Waals surface area contributed by atoms with Crippen LogP contribution in [0.3, 0.4) is 0 Å². The van der Waals surface area contributed by atoms with E-state index >= 15 is 0 Å². The lowest BCUT2D eigenvalue weighted by molar-refractivity contribution is -0.274. The average molecular weight is 465 g/mol. The van der Waals surface area contributed by atoms with Crippen molar-refractivity contribution in [2.75, 3.05) is 0 Å². The summed E-state index contributed by atoms with van der Waals surface area (Å²) in [5, 5.41) is 20.0. The Kier molecular flexibility index (Phi) is 5.24. The van der Waals surface area contributed by atoms with E-state index in [0.29, 0.717) is 22.5 Å². The lowest BCUT2D eigenvalue weighted by Gasteiger charge is -2.10. The fourth-order valence-corrected chi connectivity index (χ4v) is 3.42. The summed E-state index contributed by atoms with van der Waals surface area (Å²) in [4.78, 5) is 13.1. The number of halogens is 3. The first-order chi connectivity index (χ1) is 16.4. The van der Waals surface area contributed by atoms with Crippen LogP contribution in [0.1, 0.15) is 0 Å². The second kappa shape index (κ2) is 8.39. The highest BCUT2D eigenvalue weighted by Crippen LogP contribution is 2.27. The van der Waals surface area contributed by atoms with E-state index in [2.05, 4.69) is 30.6 Å². The number of hydrogen-bond donors (Lipinski definition) is 0. The van der Waals surface area contributed by atoms with Crippen LogP contribution < -0.4 is 10.3 Å². The zero-order chi connectivity index (χ0) is 23.7. The van der Waals surface area contributed by atoms with Gasteiger partial charge in [-0.1, -0.05) is 53.7 Å². The SMILES string of the molecule is O=c1c2cc(-c3ccc(OC(F)(F)F)cc3)ccc2nnn1Cn1nnnc1-c1ccccc1. The predicted molar refractivity (Wildman–Crippen MR) is 115 cm³/mol. The number of rotatable bonds is 5. The Morgan fingerprint density at radius 1 is 0.794 bits per heavy atom. The first kappa shape index (κ1) is 21.2. The number of aromatic nitrogens is 7. The van der Waals surface area contributed by atoms with E-state index in [1.165, 1.54) is 28.9 Å². The van der Waals surface area contributed by atoms with Gasteiger partial charge in [-0.25, -0.2) is 4.68 Å². The summed E-state index contributed by atoms with van der Waals surface area (Å²) in [6.07, 6.45) is -4.77. The van der Waals surface area contributed by atoms with Gasteiger partial charge in [-0.2, -0.15) is 4.68 Å². The topological polar surface area (TPSA) is 101 Å². The molecule has 12 heteroatoms. The van der Waals surface area contributed by atoms with Crippen LogP contribution in [0.4, 0.5) is 13.2 Å². The van der Waals surface area contributed by atoms with E-state index in [0.717, 1.165) is 10.2 Å². The molecule has 0 aliphatic rings. The van der Waals surface area contributed by atoms with Crippen molar-refractivity contribution < 1.29 is 17.9 Å². The Hall–Kier alpha value is -4.61. The molecule has 0 atom stereocenters. The number of nitrogens with zero attached hydrogens (tertiary/aromatic N) is 7. The Bertz CT molecular complexity index is 1510. The number of benzene rings is 3. The van der Waals surface area contributed by atoms with Gasteiger partial charge >= 0.3 is 6.36 Å². The Morgan fingerprint density at radius 2 is 1.53 bits per heavy atom. The summed E-state index contributed by atoms with van der Waals surface area (Å²) >= 11 is 0. The average Bonchev–Trinajstić information content (AvgIpc) is 3.29. The normalized spacial score (nSPS) is 11.6. The monoisotopic (exact) mass is 465 g/mol. The van der Waals surface area contributed by atoms with E-state index in [9.17, 15) is 18.0 Å². The van der Waals surface area contributed by atoms with Crippen molar-refractivity contribution in [3.05, 3.63) is 83.2 Å². The fraction of sp³-hybridized carbons (Fsp3) is 0.0909. The number of hydrogen-bond acceptors (Lipinski definition) is 7. The third kappa shape index (κ3) is 4.33. The highest BCUT2D eigenvalue weighted by atomic mass is 19.4. The van der Waals surface area contributed by atoms with Crippen molar-refractivity contribution in [3.8, 4) is 28.3 Å². The molecular weight excluding hydrogens is 451 g/mol. The molecule has 0 aliphatic heterocycles. The van der Waals surface area contributed by atoms with Crippen molar-refractivity contribution in [1.29, 1.82) is 0 Å². The number of ether oxygens (including phenoxy) is 1. The van der Waals surface area contributed by atoms with Crippen LogP contribution in [0.15, 0.2) is 77.6 Å². The molecule has 3 aromatic carbocycles. The van der Waals surface area contributed by atoms with Crippen molar-refractivity contribution >= 4 is 10.9 Å². The molecule has 0 fully saturated rings. The minimum absolute atomic E-state index is 0.0628. The molecule has 0 aliphatic carbocycles. The summed E-state index contributed by atoms with van der Waals surface area (Å²) in [7, 11) is 0. The van der Waals surface area contributed by atoms with Crippen LogP contribution in [0.5, 0.6) is 5.75 Å². The lowest BCUT2D eigenvalue weighted by atomic mass is 10.0. The Morgan fingerprint density at radius 3 is 2.26 bits per heavy atom. The summed E-state index contributed by atoms with van der Waals surface area (Å²) in [5.74, 6) is 0.130. The van der Waals surface area contributed by atoms with E-state index in [-0.39, 0.29) is 17.8 Å². The molecule has 170 valence electrons. The van der Waals surface area contributed by atoms with Crippen LogP contribution in [0.2, 0.25) is 0 Å². The molecule has 0 bridgehead atoms. The van der Waals surface area contributed by atoms with E-state index in [1.807, 2.05) is 30.3 Å². The molecule has 0 spiro atoms. The molecule has 5 aromatic rings. The van der Waals surface area contributed by atoms with Gasteiger partial charge < -0.3 is 4.74 Å².